The van der Waals surface area contributed by atoms with Crippen molar-refractivity contribution >= 4 is 5.91 Å². The number of carbonyl (C=O) groups is 1. The lowest BCUT2D eigenvalue weighted by Gasteiger charge is -2.37. The maximum Gasteiger partial charge on any atom is 0.222 e. The van der Waals surface area contributed by atoms with Gasteiger partial charge >= 0.3 is 0 Å². The van der Waals surface area contributed by atoms with Gasteiger partial charge in [0, 0.05) is 44.2 Å². The van der Waals surface area contributed by atoms with E-state index in [0.29, 0.717) is 24.1 Å². The highest BCUT2D eigenvalue weighted by molar-refractivity contribution is 5.78. The third-order valence-corrected chi connectivity index (χ3v) is 4.21. The molecule has 2 saturated heterocycles. The maximum atomic E-state index is 11.6. The van der Waals surface area contributed by atoms with Crippen LogP contribution in [0.5, 0.6) is 5.75 Å². The van der Waals surface area contributed by atoms with Crippen LogP contribution in [0.15, 0.2) is 18.2 Å². The Hall–Kier alpha value is -1.55. The van der Waals surface area contributed by atoms with Gasteiger partial charge in [-0.2, -0.15) is 0 Å². The van der Waals surface area contributed by atoms with Gasteiger partial charge in [-0.05, 0) is 19.4 Å². The molecule has 2 aliphatic rings. The second-order valence-corrected chi connectivity index (χ2v) is 5.65. The van der Waals surface area contributed by atoms with Gasteiger partial charge in [-0.15, -0.1) is 0 Å². The smallest absolute Gasteiger partial charge is 0.222 e. The quantitative estimate of drug-likeness (QED) is 0.876. The highest BCUT2D eigenvalue weighted by Crippen LogP contribution is 2.26. The number of nitrogens with zero attached hydrogens (tertiary/aromatic N) is 2. The lowest BCUT2D eigenvalue weighted by atomic mass is 10.1. The van der Waals surface area contributed by atoms with Crippen molar-refractivity contribution in [3.63, 3.8) is 0 Å². The minimum absolute atomic E-state index is 0.308. The molecule has 0 bridgehead atoms. The summed E-state index contributed by atoms with van der Waals surface area (Å²) in [5, 5.41) is 9.90. The molecule has 0 aromatic heterocycles. The van der Waals surface area contributed by atoms with Crippen molar-refractivity contribution < 1.29 is 9.90 Å². The Balaban J connectivity index is 1.68. The van der Waals surface area contributed by atoms with Gasteiger partial charge in [0.05, 0.1) is 0 Å². The van der Waals surface area contributed by atoms with Crippen LogP contribution in [-0.4, -0.2) is 46.5 Å². The maximum absolute atomic E-state index is 11.6. The summed E-state index contributed by atoms with van der Waals surface area (Å²) in [7, 11) is 0. The molecule has 102 valence electrons. The molecular weight excluding hydrogens is 240 g/mol. The van der Waals surface area contributed by atoms with Crippen molar-refractivity contribution in [2.45, 2.75) is 32.4 Å². The fraction of sp³-hybridized carbons (Fsp3) is 0.533. The van der Waals surface area contributed by atoms with Crippen LogP contribution in [0.1, 0.15) is 24.0 Å². The molecule has 4 heteroatoms. The average Bonchev–Trinajstić information content (AvgIpc) is 2.75. The van der Waals surface area contributed by atoms with Crippen LogP contribution in [0.25, 0.3) is 0 Å². The second-order valence-electron chi connectivity index (χ2n) is 5.65. The Morgan fingerprint density at radius 1 is 1.37 bits per heavy atom. The Morgan fingerprint density at radius 2 is 2.21 bits per heavy atom. The van der Waals surface area contributed by atoms with Gasteiger partial charge in [-0.3, -0.25) is 9.69 Å². The second kappa shape index (κ2) is 4.85. The molecule has 1 aromatic rings. The summed E-state index contributed by atoms with van der Waals surface area (Å²) in [4.78, 5) is 16.0. The predicted molar refractivity (Wildman–Crippen MR) is 72.9 cm³/mol. The molecule has 1 amide bonds. The summed E-state index contributed by atoms with van der Waals surface area (Å²) in [5.41, 5.74) is 2.15. The van der Waals surface area contributed by atoms with Gasteiger partial charge in [-0.25, -0.2) is 0 Å². The zero-order valence-electron chi connectivity index (χ0n) is 11.3. The normalized spacial score (nSPS) is 23.7. The number of fused-ring (bicyclic) bond motifs is 1. The number of hydrogen-bond donors (Lipinski definition) is 1. The fourth-order valence-corrected chi connectivity index (χ4v) is 3.15. The summed E-state index contributed by atoms with van der Waals surface area (Å²) in [5.74, 6) is 0.679. The van der Waals surface area contributed by atoms with E-state index in [0.717, 1.165) is 38.2 Å². The van der Waals surface area contributed by atoms with E-state index in [9.17, 15) is 9.90 Å². The van der Waals surface area contributed by atoms with Crippen molar-refractivity contribution in [3.05, 3.63) is 29.3 Å². The van der Waals surface area contributed by atoms with E-state index in [2.05, 4.69) is 4.90 Å². The molecule has 2 fully saturated rings. The molecule has 2 aliphatic heterocycles. The van der Waals surface area contributed by atoms with Crippen LogP contribution in [0.4, 0.5) is 0 Å². The van der Waals surface area contributed by atoms with Crippen LogP contribution < -0.4 is 0 Å². The molecule has 2 heterocycles. The molecule has 1 aromatic carbocycles. The Labute approximate surface area is 113 Å². The lowest BCUT2D eigenvalue weighted by Crippen LogP contribution is -2.50. The van der Waals surface area contributed by atoms with Gasteiger partial charge in [0.25, 0.3) is 0 Å². The van der Waals surface area contributed by atoms with Crippen molar-refractivity contribution in [2.75, 3.05) is 19.6 Å². The largest absolute Gasteiger partial charge is 0.508 e. The van der Waals surface area contributed by atoms with E-state index >= 15 is 0 Å². The first-order chi connectivity index (χ1) is 9.13. The van der Waals surface area contributed by atoms with Gasteiger partial charge < -0.3 is 10.0 Å². The number of carbonyl (C=O) groups excluding carboxylic acids is 1. The van der Waals surface area contributed by atoms with E-state index < -0.39 is 0 Å². The van der Waals surface area contributed by atoms with Crippen molar-refractivity contribution in [3.8, 4) is 5.75 Å². The number of aromatic hydroxyl groups is 1. The van der Waals surface area contributed by atoms with E-state index in [-0.39, 0.29) is 0 Å². The summed E-state index contributed by atoms with van der Waals surface area (Å²) < 4.78 is 0. The van der Waals surface area contributed by atoms with Crippen LogP contribution >= 0.6 is 0 Å². The van der Waals surface area contributed by atoms with E-state index in [1.54, 1.807) is 6.07 Å². The van der Waals surface area contributed by atoms with Crippen molar-refractivity contribution in [2.24, 2.45) is 0 Å². The third-order valence-electron chi connectivity index (χ3n) is 4.21. The minimum Gasteiger partial charge on any atom is -0.508 e. The molecule has 0 aliphatic carbocycles. The number of aryl methyl sites for hydroxylation is 1. The topological polar surface area (TPSA) is 43.8 Å². The zero-order chi connectivity index (χ0) is 13.4. The molecule has 0 saturated carbocycles. The molecule has 0 spiro atoms. The highest BCUT2D eigenvalue weighted by atomic mass is 16.3. The average molecular weight is 260 g/mol. The van der Waals surface area contributed by atoms with Gasteiger partial charge in [0.2, 0.25) is 5.91 Å². The van der Waals surface area contributed by atoms with Crippen molar-refractivity contribution in [1.29, 1.82) is 0 Å². The SMILES string of the molecule is Cc1ccc(O)c(CN2CCN3C(=O)CCC3C2)c1. The van der Waals surface area contributed by atoms with Crippen LogP contribution in [0.2, 0.25) is 0 Å². The number of phenols is 1. The first-order valence-corrected chi connectivity index (χ1v) is 6.94. The van der Waals surface area contributed by atoms with Crippen LogP contribution in [0.3, 0.4) is 0 Å². The molecule has 1 N–H and O–H groups in total. The van der Waals surface area contributed by atoms with E-state index in [1.807, 2.05) is 24.0 Å². The summed E-state index contributed by atoms with van der Waals surface area (Å²) in [6.45, 7) is 5.47. The Bertz CT molecular complexity index is 501. The predicted octanol–water partition coefficient (Wildman–Crippen LogP) is 1.51. The van der Waals surface area contributed by atoms with Gasteiger partial charge in [0.1, 0.15) is 5.75 Å². The zero-order valence-corrected chi connectivity index (χ0v) is 11.3. The Morgan fingerprint density at radius 3 is 3.05 bits per heavy atom. The summed E-state index contributed by atoms with van der Waals surface area (Å²) >= 11 is 0. The summed E-state index contributed by atoms with van der Waals surface area (Å²) in [6, 6.07) is 6.11. The monoisotopic (exact) mass is 260 g/mol. The van der Waals surface area contributed by atoms with Crippen molar-refractivity contribution in [1.82, 2.24) is 9.80 Å². The molecule has 1 atom stereocenters. The first kappa shape index (κ1) is 12.5. The number of rotatable bonds is 2. The molecule has 4 nitrogen and oxygen atoms in total. The van der Waals surface area contributed by atoms with Crippen LogP contribution in [-0.2, 0) is 11.3 Å². The number of phenolic OH excluding ortho intramolecular Hbond substituents is 1. The van der Waals surface area contributed by atoms with E-state index in [1.165, 1.54) is 5.56 Å². The minimum atomic E-state index is 0.308. The summed E-state index contributed by atoms with van der Waals surface area (Å²) in [6.07, 6.45) is 1.68. The number of amides is 1. The molecule has 0 radical (unpaired) electrons. The number of benzene rings is 1. The molecule has 3 rings (SSSR count). The standard InChI is InChI=1S/C15H20N2O2/c1-11-2-4-14(18)12(8-11)9-16-6-7-17-13(10-16)3-5-15(17)19/h2,4,8,13,18H,3,5-7,9-10H2,1H3. The molecule has 19 heavy (non-hydrogen) atoms. The lowest BCUT2D eigenvalue weighted by molar-refractivity contribution is -0.130. The fourth-order valence-electron chi connectivity index (χ4n) is 3.15. The Kier molecular flexibility index (Phi) is 3.19. The van der Waals surface area contributed by atoms with E-state index in [4.69, 9.17) is 0 Å². The first-order valence-electron chi connectivity index (χ1n) is 6.94. The third kappa shape index (κ3) is 2.45. The van der Waals surface area contributed by atoms with Crippen LogP contribution in [0, 0.1) is 6.92 Å². The highest BCUT2D eigenvalue weighted by Gasteiger charge is 2.35. The molecule has 1 unspecified atom stereocenters. The molecular formula is C15H20N2O2. The number of piperazine rings is 1. The number of hydrogen-bond acceptors (Lipinski definition) is 3. The van der Waals surface area contributed by atoms with Gasteiger partial charge in [-0.1, -0.05) is 17.7 Å². The van der Waals surface area contributed by atoms with Gasteiger partial charge in [0.15, 0.2) is 0 Å².